The highest BCUT2D eigenvalue weighted by atomic mass is 16.4. The van der Waals surface area contributed by atoms with Gasteiger partial charge >= 0.3 is 0 Å². The summed E-state index contributed by atoms with van der Waals surface area (Å²) in [7, 11) is 0. The van der Waals surface area contributed by atoms with E-state index in [9.17, 15) is 0 Å². The Morgan fingerprint density at radius 2 is 1.71 bits per heavy atom. The smallest absolute Gasteiger partial charge is 0.247 e. The molecule has 0 bridgehead atoms. The highest BCUT2D eigenvalue weighted by Gasteiger charge is 2.08. The van der Waals surface area contributed by atoms with Crippen molar-refractivity contribution in [2.75, 3.05) is 5.32 Å². The lowest BCUT2D eigenvalue weighted by atomic mass is 10.1. The first kappa shape index (κ1) is 13.4. The molecular formula is C17H17N3O. The number of hydrogen-bond acceptors (Lipinski definition) is 4. The summed E-state index contributed by atoms with van der Waals surface area (Å²) in [6.07, 6.45) is 0.988. The molecule has 1 N–H and O–H groups in total. The molecule has 0 saturated carbocycles. The van der Waals surface area contributed by atoms with Crippen molar-refractivity contribution in [3.05, 3.63) is 66.1 Å². The molecule has 2 aromatic carbocycles. The molecule has 0 unspecified atom stereocenters. The Balaban J connectivity index is 1.71. The van der Waals surface area contributed by atoms with E-state index in [4.69, 9.17) is 4.42 Å². The van der Waals surface area contributed by atoms with Crippen molar-refractivity contribution in [2.45, 2.75) is 19.9 Å². The van der Waals surface area contributed by atoms with Gasteiger partial charge in [-0.25, -0.2) is 0 Å². The highest BCUT2D eigenvalue weighted by Crippen LogP contribution is 2.19. The zero-order valence-electron chi connectivity index (χ0n) is 11.9. The Kier molecular flexibility index (Phi) is 3.96. The maximum Gasteiger partial charge on any atom is 0.247 e. The fraction of sp³-hybridized carbons (Fsp3) is 0.176. The van der Waals surface area contributed by atoms with Crippen LogP contribution in [0.2, 0.25) is 0 Å². The first-order chi connectivity index (χ1) is 10.4. The minimum atomic E-state index is 0.525. The zero-order valence-corrected chi connectivity index (χ0v) is 11.9. The quantitative estimate of drug-likeness (QED) is 0.769. The Morgan fingerprint density at radius 3 is 2.52 bits per heavy atom. The minimum absolute atomic E-state index is 0.525. The molecular weight excluding hydrogens is 262 g/mol. The van der Waals surface area contributed by atoms with Crippen molar-refractivity contribution >= 4 is 5.69 Å². The normalized spacial score (nSPS) is 10.5. The van der Waals surface area contributed by atoms with Crippen molar-refractivity contribution in [3.8, 4) is 11.5 Å². The van der Waals surface area contributed by atoms with Crippen LogP contribution in [0, 0.1) is 0 Å². The summed E-state index contributed by atoms with van der Waals surface area (Å²) < 4.78 is 5.68. The summed E-state index contributed by atoms with van der Waals surface area (Å²) in [6, 6.07) is 18.0. The molecule has 0 aliphatic heterocycles. The van der Waals surface area contributed by atoms with Gasteiger partial charge in [0.05, 0.1) is 6.54 Å². The van der Waals surface area contributed by atoms with Crippen molar-refractivity contribution in [2.24, 2.45) is 0 Å². The fourth-order valence-electron chi connectivity index (χ4n) is 2.19. The number of aryl methyl sites for hydroxylation is 1. The molecule has 0 fully saturated rings. The average Bonchev–Trinajstić information content (AvgIpc) is 3.03. The Hall–Kier alpha value is -2.62. The number of nitrogens with zero attached hydrogens (tertiary/aromatic N) is 2. The van der Waals surface area contributed by atoms with Gasteiger partial charge in [-0.2, -0.15) is 0 Å². The van der Waals surface area contributed by atoms with E-state index >= 15 is 0 Å². The predicted molar refractivity (Wildman–Crippen MR) is 82.9 cm³/mol. The van der Waals surface area contributed by atoms with Crippen LogP contribution in [0.25, 0.3) is 11.5 Å². The van der Waals surface area contributed by atoms with E-state index < -0.39 is 0 Å². The molecule has 3 rings (SSSR count). The maximum absolute atomic E-state index is 5.68. The van der Waals surface area contributed by atoms with E-state index in [2.05, 4.69) is 34.6 Å². The number of aromatic nitrogens is 2. The zero-order chi connectivity index (χ0) is 14.5. The van der Waals surface area contributed by atoms with Gasteiger partial charge in [-0.3, -0.25) is 0 Å². The van der Waals surface area contributed by atoms with Gasteiger partial charge in [0.15, 0.2) is 0 Å². The van der Waals surface area contributed by atoms with Gasteiger partial charge in [-0.15, -0.1) is 10.2 Å². The van der Waals surface area contributed by atoms with Crippen LogP contribution in [0.15, 0.2) is 59.0 Å². The number of rotatable bonds is 5. The largest absolute Gasteiger partial charge is 0.419 e. The summed E-state index contributed by atoms with van der Waals surface area (Å²) >= 11 is 0. The number of nitrogens with one attached hydrogen (secondary N) is 1. The first-order valence-electron chi connectivity index (χ1n) is 7.06. The van der Waals surface area contributed by atoms with Crippen LogP contribution < -0.4 is 5.32 Å². The summed E-state index contributed by atoms with van der Waals surface area (Å²) in [5, 5.41) is 11.5. The molecule has 21 heavy (non-hydrogen) atoms. The van der Waals surface area contributed by atoms with Crippen LogP contribution in [0.3, 0.4) is 0 Å². The first-order valence-corrected chi connectivity index (χ1v) is 7.06. The molecule has 0 atom stereocenters. The molecule has 1 heterocycles. The van der Waals surface area contributed by atoms with Crippen molar-refractivity contribution in [3.63, 3.8) is 0 Å². The van der Waals surface area contributed by atoms with Crippen molar-refractivity contribution < 1.29 is 4.42 Å². The molecule has 0 aliphatic rings. The molecule has 3 aromatic rings. The summed E-state index contributed by atoms with van der Waals surface area (Å²) in [5.41, 5.74) is 3.32. The fourth-order valence-corrected chi connectivity index (χ4v) is 2.19. The molecule has 4 nitrogen and oxygen atoms in total. The third-order valence-corrected chi connectivity index (χ3v) is 3.32. The highest BCUT2D eigenvalue weighted by molar-refractivity contribution is 5.52. The van der Waals surface area contributed by atoms with Crippen LogP contribution in [0.5, 0.6) is 0 Å². The molecule has 0 aliphatic carbocycles. The molecule has 0 radical (unpaired) electrons. The lowest BCUT2D eigenvalue weighted by Crippen LogP contribution is -2.02. The van der Waals surface area contributed by atoms with Crippen molar-refractivity contribution in [1.29, 1.82) is 0 Å². The van der Waals surface area contributed by atoms with Gasteiger partial charge in [-0.1, -0.05) is 43.3 Å². The second-order valence-corrected chi connectivity index (χ2v) is 4.73. The maximum atomic E-state index is 5.68. The van der Waals surface area contributed by atoms with Crippen LogP contribution in [-0.4, -0.2) is 10.2 Å². The second-order valence-electron chi connectivity index (χ2n) is 4.73. The van der Waals surface area contributed by atoms with Crippen molar-refractivity contribution in [1.82, 2.24) is 10.2 Å². The van der Waals surface area contributed by atoms with E-state index in [1.807, 2.05) is 42.5 Å². The van der Waals surface area contributed by atoms with Gasteiger partial charge in [0.1, 0.15) is 0 Å². The molecule has 1 aromatic heterocycles. The van der Waals surface area contributed by atoms with Gasteiger partial charge in [-0.05, 0) is 30.2 Å². The van der Waals surface area contributed by atoms with Gasteiger partial charge < -0.3 is 9.73 Å². The van der Waals surface area contributed by atoms with E-state index in [1.54, 1.807) is 0 Å². The monoisotopic (exact) mass is 279 g/mol. The van der Waals surface area contributed by atoms with Gasteiger partial charge in [0, 0.05) is 11.3 Å². The van der Waals surface area contributed by atoms with Crippen LogP contribution in [0.4, 0.5) is 5.69 Å². The molecule has 4 heteroatoms. The molecule has 0 saturated heterocycles. The van der Waals surface area contributed by atoms with E-state index in [0.717, 1.165) is 17.7 Å². The van der Waals surface area contributed by atoms with Gasteiger partial charge in [0.25, 0.3) is 0 Å². The van der Waals surface area contributed by atoms with E-state index in [-0.39, 0.29) is 0 Å². The van der Waals surface area contributed by atoms with Gasteiger partial charge in [0.2, 0.25) is 11.8 Å². The summed E-state index contributed by atoms with van der Waals surface area (Å²) in [5.74, 6) is 1.14. The molecule has 0 amide bonds. The SMILES string of the molecule is CCc1ccccc1NCc1nnc(-c2ccccc2)o1. The number of benzene rings is 2. The predicted octanol–water partition coefficient (Wildman–Crippen LogP) is 3.91. The lowest BCUT2D eigenvalue weighted by molar-refractivity contribution is 0.515. The second kappa shape index (κ2) is 6.22. The minimum Gasteiger partial charge on any atom is -0.419 e. The molecule has 0 spiro atoms. The Labute approximate surface area is 123 Å². The lowest BCUT2D eigenvalue weighted by Gasteiger charge is -2.08. The van der Waals surface area contributed by atoms with Crippen LogP contribution in [0.1, 0.15) is 18.4 Å². The third kappa shape index (κ3) is 3.11. The Morgan fingerprint density at radius 1 is 0.952 bits per heavy atom. The average molecular weight is 279 g/mol. The van der Waals surface area contributed by atoms with E-state index in [0.29, 0.717) is 18.3 Å². The number of para-hydroxylation sites is 1. The topological polar surface area (TPSA) is 51.0 Å². The number of anilines is 1. The van der Waals surface area contributed by atoms with Crippen LogP contribution in [-0.2, 0) is 13.0 Å². The van der Waals surface area contributed by atoms with Crippen LogP contribution >= 0.6 is 0 Å². The summed E-state index contributed by atoms with van der Waals surface area (Å²) in [4.78, 5) is 0. The van der Waals surface area contributed by atoms with E-state index in [1.165, 1.54) is 5.56 Å². The third-order valence-electron chi connectivity index (χ3n) is 3.32. The number of hydrogen-bond donors (Lipinski definition) is 1. The summed E-state index contributed by atoms with van der Waals surface area (Å²) in [6.45, 7) is 2.66. The standard InChI is InChI=1S/C17H17N3O/c1-2-13-8-6-7-11-15(13)18-12-16-19-20-17(21-16)14-9-4-3-5-10-14/h3-11,18H,2,12H2,1H3. The molecule has 106 valence electrons. The Bertz CT molecular complexity index is 707.